The van der Waals surface area contributed by atoms with Crippen LogP contribution >= 0.6 is 0 Å². The van der Waals surface area contributed by atoms with Gasteiger partial charge >= 0.3 is 5.97 Å². The Kier molecular flexibility index (Phi) is 5.18. The van der Waals surface area contributed by atoms with Crippen LogP contribution in [0.5, 0.6) is 0 Å². The molecule has 1 N–H and O–H groups in total. The van der Waals surface area contributed by atoms with E-state index in [1.54, 1.807) is 24.5 Å². The molecule has 1 aromatic heterocycles. The molecule has 1 aliphatic rings. The third-order valence-electron chi connectivity index (χ3n) is 2.07. The van der Waals surface area contributed by atoms with Crippen LogP contribution in [-0.2, 0) is 9.53 Å². The van der Waals surface area contributed by atoms with E-state index >= 15 is 0 Å². The second-order valence-corrected chi connectivity index (χ2v) is 3.21. The lowest BCUT2D eigenvalue weighted by Gasteiger charge is -2.19. The lowest BCUT2D eigenvalue weighted by Crippen LogP contribution is -3.00. The van der Waals surface area contributed by atoms with Crippen LogP contribution in [-0.4, -0.2) is 31.8 Å². The zero-order valence-electron chi connectivity index (χ0n) is 8.64. The van der Waals surface area contributed by atoms with Crippen LogP contribution in [0.4, 0.5) is 0 Å². The number of carbonyl (C=O) groups excluding carboxylic acids is 1. The van der Waals surface area contributed by atoms with Crippen molar-refractivity contribution in [3.05, 3.63) is 30.6 Å². The smallest absolute Gasteiger partial charge is 0.410 e. The Morgan fingerprint density at radius 3 is 2.75 bits per heavy atom. The lowest BCUT2D eigenvalue weighted by atomic mass is 10.3. The SMILES string of the molecule is O=C(O[n+]1ccccc1)C1CNCCO1.[Cl-]. The number of ether oxygens (including phenoxy) is 1. The Bertz CT molecular complexity index is 328. The molecule has 88 valence electrons. The van der Waals surface area contributed by atoms with Crippen molar-refractivity contribution in [1.82, 2.24) is 5.32 Å². The van der Waals surface area contributed by atoms with Gasteiger partial charge in [-0.05, 0) is 0 Å². The molecule has 1 saturated heterocycles. The quantitative estimate of drug-likeness (QED) is 0.538. The summed E-state index contributed by atoms with van der Waals surface area (Å²) in [5, 5.41) is 3.07. The summed E-state index contributed by atoms with van der Waals surface area (Å²) >= 11 is 0. The molecular formula is C10H13ClN2O3. The zero-order valence-corrected chi connectivity index (χ0v) is 9.39. The van der Waals surface area contributed by atoms with E-state index < -0.39 is 6.10 Å². The standard InChI is InChI=1S/C10H13N2O3.ClH/c13-10(9-8-11-4-7-14-9)15-12-5-2-1-3-6-12;/h1-3,5-6,9,11H,4,7-8H2;1H/q+1;/p-1. The summed E-state index contributed by atoms with van der Waals surface area (Å²) in [7, 11) is 0. The third-order valence-corrected chi connectivity index (χ3v) is 2.07. The van der Waals surface area contributed by atoms with Gasteiger partial charge in [-0.15, -0.1) is 0 Å². The second-order valence-electron chi connectivity index (χ2n) is 3.21. The van der Waals surface area contributed by atoms with Gasteiger partial charge < -0.3 is 22.5 Å². The summed E-state index contributed by atoms with van der Waals surface area (Å²) in [6.07, 6.45) is 2.81. The van der Waals surface area contributed by atoms with Crippen molar-refractivity contribution in [3.63, 3.8) is 0 Å². The maximum Gasteiger partial charge on any atom is 0.410 e. The van der Waals surface area contributed by atoms with Crippen LogP contribution in [0.3, 0.4) is 0 Å². The first kappa shape index (κ1) is 12.9. The summed E-state index contributed by atoms with van der Waals surface area (Å²) < 4.78 is 6.62. The zero-order chi connectivity index (χ0) is 10.5. The van der Waals surface area contributed by atoms with Gasteiger partial charge in [0.15, 0.2) is 6.10 Å². The first-order chi connectivity index (χ1) is 7.36. The van der Waals surface area contributed by atoms with E-state index in [4.69, 9.17) is 9.57 Å². The van der Waals surface area contributed by atoms with Crippen molar-refractivity contribution >= 4 is 5.97 Å². The van der Waals surface area contributed by atoms with Crippen LogP contribution in [0.15, 0.2) is 30.6 Å². The summed E-state index contributed by atoms with van der Waals surface area (Å²) in [5.41, 5.74) is 0. The van der Waals surface area contributed by atoms with Gasteiger partial charge in [0, 0.05) is 30.0 Å². The molecule has 5 nitrogen and oxygen atoms in total. The highest BCUT2D eigenvalue weighted by molar-refractivity contribution is 5.74. The first-order valence-electron chi connectivity index (χ1n) is 4.87. The normalized spacial score (nSPS) is 19.6. The Morgan fingerprint density at radius 1 is 1.38 bits per heavy atom. The van der Waals surface area contributed by atoms with Gasteiger partial charge in [-0.1, -0.05) is 6.07 Å². The predicted molar refractivity (Wildman–Crippen MR) is 50.8 cm³/mol. The number of halogens is 1. The molecule has 1 fully saturated rings. The predicted octanol–water partition coefficient (Wildman–Crippen LogP) is -4.08. The van der Waals surface area contributed by atoms with E-state index in [9.17, 15) is 4.79 Å². The second kappa shape index (κ2) is 6.42. The Morgan fingerprint density at radius 2 is 2.12 bits per heavy atom. The molecule has 0 radical (unpaired) electrons. The van der Waals surface area contributed by atoms with Crippen LogP contribution in [0.1, 0.15) is 0 Å². The fraction of sp³-hybridized carbons (Fsp3) is 0.400. The number of nitrogens with one attached hydrogen (secondary N) is 1. The molecule has 1 aliphatic heterocycles. The highest BCUT2D eigenvalue weighted by atomic mass is 35.5. The fourth-order valence-corrected chi connectivity index (χ4v) is 1.32. The third kappa shape index (κ3) is 3.44. The van der Waals surface area contributed by atoms with Gasteiger partial charge in [0.1, 0.15) is 0 Å². The fourth-order valence-electron chi connectivity index (χ4n) is 1.32. The lowest BCUT2D eigenvalue weighted by molar-refractivity contribution is -0.870. The number of morpholine rings is 1. The van der Waals surface area contributed by atoms with Crippen LogP contribution in [0.2, 0.25) is 0 Å². The number of carbonyl (C=O) groups is 1. The molecule has 6 heteroatoms. The molecule has 2 heterocycles. The van der Waals surface area contributed by atoms with Crippen molar-refractivity contribution in [1.29, 1.82) is 0 Å². The number of aromatic nitrogens is 1. The maximum absolute atomic E-state index is 11.6. The average Bonchev–Trinajstić information content (AvgIpc) is 2.31. The van der Waals surface area contributed by atoms with E-state index in [0.717, 1.165) is 6.54 Å². The van der Waals surface area contributed by atoms with E-state index in [1.807, 2.05) is 6.07 Å². The summed E-state index contributed by atoms with van der Waals surface area (Å²) in [5.74, 6) is -0.376. The number of hydrogen-bond donors (Lipinski definition) is 1. The topological polar surface area (TPSA) is 51.4 Å². The summed E-state index contributed by atoms with van der Waals surface area (Å²) in [4.78, 5) is 16.6. The summed E-state index contributed by atoms with van der Waals surface area (Å²) in [6, 6.07) is 5.42. The number of pyridine rings is 1. The molecule has 0 saturated carbocycles. The number of rotatable bonds is 2. The van der Waals surface area contributed by atoms with Crippen molar-refractivity contribution in [2.45, 2.75) is 6.10 Å². The van der Waals surface area contributed by atoms with Crippen LogP contribution in [0, 0.1) is 0 Å². The van der Waals surface area contributed by atoms with Gasteiger partial charge in [-0.3, -0.25) is 0 Å². The molecule has 0 aliphatic carbocycles. The largest absolute Gasteiger partial charge is 1.00 e. The Balaban J connectivity index is 0.00000128. The number of nitrogens with zero attached hydrogens (tertiary/aromatic N) is 1. The van der Waals surface area contributed by atoms with Crippen LogP contribution in [0.25, 0.3) is 0 Å². The molecular weight excluding hydrogens is 232 g/mol. The van der Waals surface area contributed by atoms with Gasteiger partial charge in [-0.2, -0.15) is 4.84 Å². The van der Waals surface area contributed by atoms with Gasteiger partial charge in [-0.25, -0.2) is 4.79 Å². The molecule has 1 unspecified atom stereocenters. The number of hydrogen-bond acceptors (Lipinski definition) is 4. The maximum atomic E-state index is 11.6. The van der Waals surface area contributed by atoms with E-state index in [0.29, 0.717) is 13.2 Å². The molecule has 1 atom stereocenters. The Hall–Kier alpha value is -1.17. The molecule has 0 aromatic carbocycles. The highest BCUT2D eigenvalue weighted by Gasteiger charge is 2.26. The molecule has 16 heavy (non-hydrogen) atoms. The van der Waals surface area contributed by atoms with E-state index in [2.05, 4.69) is 5.32 Å². The van der Waals surface area contributed by atoms with E-state index in [-0.39, 0.29) is 18.4 Å². The van der Waals surface area contributed by atoms with Crippen molar-refractivity contribution in [2.24, 2.45) is 0 Å². The van der Waals surface area contributed by atoms with E-state index in [1.165, 1.54) is 4.73 Å². The minimum Gasteiger partial charge on any atom is -1.00 e. The minimum absolute atomic E-state index is 0. The minimum atomic E-state index is -0.508. The first-order valence-corrected chi connectivity index (χ1v) is 4.87. The molecule has 2 rings (SSSR count). The Labute approximate surface area is 99.7 Å². The molecule has 1 aromatic rings. The monoisotopic (exact) mass is 244 g/mol. The van der Waals surface area contributed by atoms with Crippen molar-refractivity contribution in [3.8, 4) is 0 Å². The van der Waals surface area contributed by atoms with Crippen LogP contribution < -0.4 is 27.3 Å². The van der Waals surface area contributed by atoms with Gasteiger partial charge in [0.05, 0.1) is 6.61 Å². The highest BCUT2D eigenvalue weighted by Crippen LogP contribution is 1.95. The average molecular weight is 245 g/mol. The molecule has 0 spiro atoms. The van der Waals surface area contributed by atoms with Gasteiger partial charge in [0.2, 0.25) is 12.4 Å². The molecule has 0 amide bonds. The summed E-state index contributed by atoms with van der Waals surface area (Å²) in [6.45, 7) is 1.83. The molecule has 0 bridgehead atoms. The van der Waals surface area contributed by atoms with Crippen molar-refractivity contribution < 1.29 is 31.5 Å². The van der Waals surface area contributed by atoms with Gasteiger partial charge in [0.25, 0.3) is 0 Å². The van der Waals surface area contributed by atoms with Crippen molar-refractivity contribution in [2.75, 3.05) is 19.7 Å².